The highest BCUT2D eigenvalue weighted by atomic mass is 32.1. The summed E-state index contributed by atoms with van der Waals surface area (Å²) in [5.74, 6) is 0.789. The van der Waals surface area contributed by atoms with Crippen LogP contribution in [0, 0.1) is 6.92 Å². The molecule has 1 atom stereocenters. The monoisotopic (exact) mass is 264 g/mol. The summed E-state index contributed by atoms with van der Waals surface area (Å²) >= 11 is 5.03. The van der Waals surface area contributed by atoms with Gasteiger partial charge in [-0.3, -0.25) is 4.79 Å². The zero-order chi connectivity index (χ0) is 13.1. The Morgan fingerprint density at radius 1 is 1.72 bits per heavy atom. The van der Waals surface area contributed by atoms with E-state index in [4.69, 9.17) is 18.0 Å². The third-order valence-electron chi connectivity index (χ3n) is 3.01. The molecule has 1 aliphatic heterocycles. The Morgan fingerprint density at radius 2 is 2.50 bits per heavy atom. The van der Waals surface area contributed by atoms with Gasteiger partial charge in [-0.2, -0.15) is 0 Å². The van der Waals surface area contributed by atoms with Crippen LogP contribution in [0.2, 0.25) is 0 Å². The van der Waals surface area contributed by atoms with Gasteiger partial charge in [-0.25, -0.2) is 4.98 Å². The lowest BCUT2D eigenvalue weighted by atomic mass is 10.1. The quantitative estimate of drug-likeness (QED) is 0.698. The van der Waals surface area contributed by atoms with Gasteiger partial charge in [0.15, 0.2) is 0 Å². The lowest BCUT2D eigenvalue weighted by Crippen LogP contribution is -2.32. The minimum Gasteiger partial charge on any atom is -0.389 e. The van der Waals surface area contributed by atoms with Gasteiger partial charge in [-0.15, -0.1) is 0 Å². The van der Waals surface area contributed by atoms with Gasteiger partial charge < -0.3 is 16.4 Å². The molecule has 18 heavy (non-hydrogen) atoms. The zero-order valence-electron chi connectivity index (χ0n) is 10.2. The largest absolute Gasteiger partial charge is 0.389 e. The van der Waals surface area contributed by atoms with E-state index in [1.807, 2.05) is 13.0 Å². The van der Waals surface area contributed by atoms with Crippen molar-refractivity contribution in [2.24, 2.45) is 5.73 Å². The molecule has 0 aliphatic carbocycles. The number of aromatic nitrogens is 1. The number of rotatable bonds is 4. The number of pyridine rings is 1. The maximum Gasteiger partial charge on any atom is 0.220 e. The summed E-state index contributed by atoms with van der Waals surface area (Å²) in [6, 6.07) is 2.02. The minimum atomic E-state index is 0.105. The fourth-order valence-corrected chi connectivity index (χ4v) is 2.31. The van der Waals surface area contributed by atoms with Crippen molar-refractivity contribution in [3.8, 4) is 0 Å². The molecule has 2 rings (SSSR count). The second kappa shape index (κ2) is 5.30. The van der Waals surface area contributed by atoms with Crippen LogP contribution in [0.4, 0.5) is 5.82 Å². The number of amides is 1. The van der Waals surface area contributed by atoms with E-state index in [0.717, 1.165) is 17.5 Å². The molecule has 0 spiro atoms. The topological polar surface area (TPSA) is 80.0 Å². The molecule has 1 amide bonds. The number of aryl methyl sites for hydroxylation is 1. The summed E-state index contributed by atoms with van der Waals surface area (Å²) in [6.45, 7) is 2.58. The van der Waals surface area contributed by atoms with E-state index in [9.17, 15) is 4.79 Å². The molecule has 1 aromatic rings. The van der Waals surface area contributed by atoms with Gasteiger partial charge in [0.2, 0.25) is 5.91 Å². The molecule has 4 N–H and O–H groups in total. The Bertz CT molecular complexity index is 489. The van der Waals surface area contributed by atoms with E-state index in [-0.39, 0.29) is 11.9 Å². The minimum absolute atomic E-state index is 0.105. The molecular formula is C12H16N4OS. The van der Waals surface area contributed by atoms with Crippen molar-refractivity contribution in [2.45, 2.75) is 25.8 Å². The van der Waals surface area contributed by atoms with Gasteiger partial charge in [-0.1, -0.05) is 12.2 Å². The van der Waals surface area contributed by atoms with Gasteiger partial charge in [0.25, 0.3) is 0 Å². The Kier molecular flexibility index (Phi) is 3.76. The molecule has 1 unspecified atom stereocenters. The summed E-state index contributed by atoms with van der Waals surface area (Å²) in [7, 11) is 0. The number of hydrogen-bond donors (Lipinski definition) is 3. The third-order valence-corrected chi connectivity index (χ3v) is 3.21. The highest BCUT2D eigenvalue weighted by Gasteiger charge is 2.21. The van der Waals surface area contributed by atoms with Crippen molar-refractivity contribution < 1.29 is 4.79 Å². The van der Waals surface area contributed by atoms with Crippen LogP contribution in [0.15, 0.2) is 12.3 Å². The smallest absolute Gasteiger partial charge is 0.220 e. The van der Waals surface area contributed by atoms with Gasteiger partial charge in [0, 0.05) is 25.2 Å². The van der Waals surface area contributed by atoms with Crippen molar-refractivity contribution >= 4 is 28.9 Å². The average molecular weight is 264 g/mol. The predicted molar refractivity (Wildman–Crippen MR) is 74.5 cm³/mol. The number of nitrogens with one attached hydrogen (secondary N) is 2. The fourth-order valence-electron chi connectivity index (χ4n) is 2.05. The Morgan fingerprint density at radius 3 is 3.11 bits per heavy atom. The summed E-state index contributed by atoms with van der Waals surface area (Å²) in [4.78, 5) is 15.7. The van der Waals surface area contributed by atoms with Crippen LogP contribution in [-0.2, 0) is 4.79 Å². The predicted octanol–water partition coefficient (Wildman–Crippen LogP) is 0.715. The van der Waals surface area contributed by atoms with E-state index >= 15 is 0 Å². The molecule has 2 heterocycles. The molecule has 1 aliphatic rings. The molecule has 0 radical (unpaired) electrons. The summed E-state index contributed by atoms with van der Waals surface area (Å²) < 4.78 is 0. The second-order valence-corrected chi connectivity index (χ2v) is 4.84. The molecule has 1 fully saturated rings. The SMILES string of the molecule is Cc1ccnc(NCC2CCC(=O)N2)c1C(N)=S. The van der Waals surface area contributed by atoms with Crippen molar-refractivity contribution in [3.63, 3.8) is 0 Å². The highest BCUT2D eigenvalue weighted by molar-refractivity contribution is 7.80. The number of hydrogen-bond acceptors (Lipinski definition) is 4. The van der Waals surface area contributed by atoms with Crippen molar-refractivity contribution in [1.29, 1.82) is 0 Å². The molecule has 0 bridgehead atoms. The third kappa shape index (κ3) is 2.76. The normalized spacial score (nSPS) is 18.5. The van der Waals surface area contributed by atoms with Crippen LogP contribution < -0.4 is 16.4 Å². The second-order valence-electron chi connectivity index (χ2n) is 4.40. The molecule has 1 saturated heterocycles. The lowest BCUT2D eigenvalue weighted by molar-refractivity contribution is -0.119. The first-order chi connectivity index (χ1) is 8.58. The molecule has 5 nitrogen and oxygen atoms in total. The van der Waals surface area contributed by atoms with Crippen LogP contribution in [0.3, 0.4) is 0 Å². The summed E-state index contributed by atoms with van der Waals surface area (Å²) in [6.07, 6.45) is 3.16. The molecule has 6 heteroatoms. The van der Waals surface area contributed by atoms with Gasteiger partial charge >= 0.3 is 0 Å². The number of anilines is 1. The Hall–Kier alpha value is -1.69. The highest BCUT2D eigenvalue weighted by Crippen LogP contribution is 2.17. The molecule has 0 saturated carbocycles. The van der Waals surface area contributed by atoms with Gasteiger partial charge in [-0.05, 0) is 25.0 Å². The van der Waals surface area contributed by atoms with Crippen molar-refractivity contribution in [3.05, 3.63) is 23.4 Å². The standard InChI is InChI=1S/C12H16N4OS/c1-7-4-5-14-12(10(7)11(13)18)15-6-8-2-3-9(17)16-8/h4-5,8H,2-3,6H2,1H3,(H2,13,18)(H,14,15)(H,16,17). The lowest BCUT2D eigenvalue weighted by Gasteiger charge is -2.15. The van der Waals surface area contributed by atoms with Crippen molar-refractivity contribution in [2.75, 3.05) is 11.9 Å². The van der Waals surface area contributed by atoms with E-state index in [2.05, 4.69) is 15.6 Å². The van der Waals surface area contributed by atoms with Crippen molar-refractivity contribution in [1.82, 2.24) is 10.3 Å². The molecule has 0 aromatic carbocycles. The molecule has 1 aromatic heterocycles. The number of nitrogens with zero attached hydrogens (tertiary/aromatic N) is 1. The van der Waals surface area contributed by atoms with E-state index in [0.29, 0.717) is 23.8 Å². The first kappa shape index (κ1) is 12.8. The van der Waals surface area contributed by atoms with Gasteiger partial charge in [0.1, 0.15) is 10.8 Å². The maximum atomic E-state index is 11.1. The summed E-state index contributed by atoms with van der Waals surface area (Å²) in [5.41, 5.74) is 7.47. The zero-order valence-corrected chi connectivity index (χ0v) is 11.0. The van der Waals surface area contributed by atoms with Gasteiger partial charge in [0.05, 0.1) is 5.56 Å². The van der Waals surface area contributed by atoms with Crippen LogP contribution in [-0.4, -0.2) is 28.5 Å². The Balaban J connectivity index is 2.07. The number of nitrogens with two attached hydrogens (primary N) is 1. The summed E-state index contributed by atoms with van der Waals surface area (Å²) in [5, 5.41) is 6.10. The Labute approximate surface area is 111 Å². The van der Waals surface area contributed by atoms with Crippen LogP contribution >= 0.6 is 12.2 Å². The molecular weight excluding hydrogens is 248 g/mol. The maximum absolute atomic E-state index is 11.1. The fraction of sp³-hybridized carbons (Fsp3) is 0.417. The first-order valence-electron chi connectivity index (χ1n) is 5.86. The number of carbonyl (C=O) groups excluding carboxylic acids is 1. The van der Waals surface area contributed by atoms with Crippen LogP contribution in [0.1, 0.15) is 24.0 Å². The van der Waals surface area contributed by atoms with E-state index < -0.39 is 0 Å². The number of thiocarbonyl (C=S) groups is 1. The van der Waals surface area contributed by atoms with E-state index in [1.165, 1.54) is 0 Å². The van der Waals surface area contributed by atoms with E-state index in [1.54, 1.807) is 6.20 Å². The van der Waals surface area contributed by atoms with Crippen LogP contribution in [0.25, 0.3) is 0 Å². The molecule has 96 valence electrons. The number of carbonyl (C=O) groups is 1. The first-order valence-corrected chi connectivity index (χ1v) is 6.27. The average Bonchev–Trinajstić information content (AvgIpc) is 2.72. The van der Waals surface area contributed by atoms with Crippen LogP contribution in [0.5, 0.6) is 0 Å².